The second kappa shape index (κ2) is 13.1. The fourth-order valence-electron chi connectivity index (χ4n) is 4.10. The van der Waals surface area contributed by atoms with Gasteiger partial charge in [0.25, 0.3) is 0 Å². The molecular weight excluding hydrogens is 432 g/mol. The molecule has 0 amide bonds. The van der Waals surface area contributed by atoms with E-state index in [1.165, 1.54) is 35.4 Å². The fourth-order valence-corrected chi connectivity index (χ4v) is 4.10. The molecule has 32 heavy (non-hydrogen) atoms. The summed E-state index contributed by atoms with van der Waals surface area (Å²) >= 11 is 0. The van der Waals surface area contributed by atoms with Gasteiger partial charge in [0.2, 0.25) is 0 Å². The van der Waals surface area contributed by atoms with Crippen LogP contribution >= 0.6 is 0 Å². The molecule has 2 heterocycles. The van der Waals surface area contributed by atoms with Crippen LogP contribution in [-0.4, -0.2) is 128 Å². The molecule has 2 fully saturated rings. The summed E-state index contributed by atoms with van der Waals surface area (Å²) in [6.45, 7) is 1.38. The highest BCUT2D eigenvalue weighted by atomic mass is 16.8. The smallest absolute Gasteiger partial charge is 0.302 e. The Balaban J connectivity index is 2.28. The van der Waals surface area contributed by atoms with Gasteiger partial charge in [0.1, 0.15) is 55.4 Å². The Hall–Kier alpha value is -0.930. The first-order valence-electron chi connectivity index (χ1n) is 10.3. The van der Waals surface area contributed by atoms with Crippen LogP contribution in [0.3, 0.4) is 0 Å². The average molecular weight is 468 g/mol. The van der Waals surface area contributed by atoms with E-state index in [0.717, 1.165) is 0 Å². The van der Waals surface area contributed by atoms with Gasteiger partial charge >= 0.3 is 5.97 Å². The number of hydrogen-bond donors (Lipinski definition) is 1. The Morgan fingerprint density at radius 1 is 0.875 bits per heavy atom. The molecule has 0 radical (unpaired) electrons. The van der Waals surface area contributed by atoms with Crippen LogP contribution in [0.5, 0.6) is 0 Å². The molecule has 10 atom stereocenters. The molecule has 0 aromatic rings. The lowest BCUT2D eigenvalue weighted by atomic mass is 9.98. The molecule has 12 nitrogen and oxygen atoms in total. The molecule has 0 aromatic heterocycles. The number of aliphatic hydroxyl groups excluding tert-OH is 1. The molecule has 0 unspecified atom stereocenters. The number of aliphatic hydroxyl groups is 1. The van der Waals surface area contributed by atoms with Crippen LogP contribution in [0.4, 0.5) is 0 Å². The van der Waals surface area contributed by atoms with Crippen LogP contribution in [0, 0.1) is 0 Å². The first kappa shape index (κ1) is 27.3. The number of carbonyl (C=O) groups is 1. The first-order chi connectivity index (χ1) is 15.4. The van der Waals surface area contributed by atoms with Crippen molar-refractivity contribution >= 4 is 5.97 Å². The molecule has 2 rings (SSSR count). The molecule has 188 valence electrons. The summed E-state index contributed by atoms with van der Waals surface area (Å²) in [6.07, 6.45) is -7.68. The summed E-state index contributed by atoms with van der Waals surface area (Å²) in [5, 5.41) is 10.3. The largest absolute Gasteiger partial charge is 0.463 e. The van der Waals surface area contributed by atoms with E-state index in [0.29, 0.717) is 0 Å². The van der Waals surface area contributed by atoms with Crippen molar-refractivity contribution in [1.29, 1.82) is 0 Å². The van der Waals surface area contributed by atoms with E-state index in [9.17, 15) is 9.90 Å². The third kappa shape index (κ3) is 6.14. The average Bonchev–Trinajstić information content (AvgIpc) is 3.13. The minimum absolute atomic E-state index is 0.167. The highest BCUT2D eigenvalue weighted by molar-refractivity contribution is 5.65. The molecule has 0 saturated carbocycles. The predicted octanol–water partition coefficient (Wildman–Crippen LogP) is -0.902. The molecule has 0 bridgehead atoms. The molecule has 2 aliphatic rings. The summed E-state index contributed by atoms with van der Waals surface area (Å²) < 4.78 is 56.1. The van der Waals surface area contributed by atoms with Gasteiger partial charge in [-0.1, -0.05) is 0 Å². The lowest BCUT2D eigenvalue weighted by Gasteiger charge is -2.44. The lowest BCUT2D eigenvalue weighted by molar-refractivity contribution is -0.329. The van der Waals surface area contributed by atoms with E-state index in [4.69, 9.17) is 47.4 Å². The second-order valence-electron chi connectivity index (χ2n) is 7.47. The van der Waals surface area contributed by atoms with E-state index < -0.39 is 67.4 Å². The lowest BCUT2D eigenvalue weighted by Crippen LogP contribution is -2.62. The quantitative estimate of drug-likeness (QED) is 0.356. The van der Waals surface area contributed by atoms with Crippen LogP contribution < -0.4 is 0 Å². The normalized spacial score (nSPS) is 38.6. The molecule has 0 aromatic carbocycles. The van der Waals surface area contributed by atoms with Crippen molar-refractivity contribution in [2.75, 3.05) is 55.9 Å². The van der Waals surface area contributed by atoms with Crippen molar-refractivity contribution in [2.24, 2.45) is 0 Å². The van der Waals surface area contributed by atoms with Gasteiger partial charge in [-0.05, 0) is 0 Å². The maximum Gasteiger partial charge on any atom is 0.302 e. The zero-order valence-electron chi connectivity index (χ0n) is 19.6. The molecule has 2 saturated heterocycles. The summed E-state index contributed by atoms with van der Waals surface area (Å²) in [7, 11) is 9.03. The Morgan fingerprint density at radius 2 is 1.50 bits per heavy atom. The molecule has 0 aliphatic carbocycles. The second-order valence-corrected chi connectivity index (χ2v) is 7.47. The topological polar surface area (TPSA) is 130 Å². The fraction of sp³-hybridized carbons (Fsp3) is 0.950. The molecule has 0 spiro atoms. The molecule has 1 N–H and O–H groups in total. The zero-order valence-corrected chi connectivity index (χ0v) is 19.6. The molecule has 2 aliphatic heterocycles. The third-order valence-corrected chi connectivity index (χ3v) is 5.65. The Morgan fingerprint density at radius 3 is 2.00 bits per heavy atom. The number of ether oxygens (including phenoxy) is 10. The third-order valence-electron chi connectivity index (χ3n) is 5.65. The summed E-state index contributed by atoms with van der Waals surface area (Å²) in [4.78, 5) is 11.4. The Kier molecular flexibility index (Phi) is 11.2. The maximum absolute atomic E-state index is 11.4. The van der Waals surface area contributed by atoms with Crippen molar-refractivity contribution in [1.82, 2.24) is 0 Å². The summed E-state index contributed by atoms with van der Waals surface area (Å²) in [6, 6.07) is 0. The van der Waals surface area contributed by atoms with Gasteiger partial charge in [-0.3, -0.25) is 4.79 Å². The molecule has 12 heteroatoms. The van der Waals surface area contributed by atoms with Crippen molar-refractivity contribution < 1.29 is 57.3 Å². The van der Waals surface area contributed by atoms with E-state index in [-0.39, 0.29) is 13.2 Å². The Labute approximate surface area is 188 Å². The van der Waals surface area contributed by atoms with Crippen molar-refractivity contribution in [3.63, 3.8) is 0 Å². The van der Waals surface area contributed by atoms with Crippen molar-refractivity contribution in [2.45, 2.75) is 68.3 Å². The summed E-state index contributed by atoms with van der Waals surface area (Å²) in [5.41, 5.74) is 0. The van der Waals surface area contributed by atoms with Gasteiger partial charge < -0.3 is 52.5 Å². The predicted molar refractivity (Wildman–Crippen MR) is 107 cm³/mol. The van der Waals surface area contributed by atoms with E-state index in [1.54, 1.807) is 14.2 Å². The van der Waals surface area contributed by atoms with Crippen LogP contribution in [0.1, 0.15) is 6.92 Å². The van der Waals surface area contributed by atoms with Gasteiger partial charge in [-0.2, -0.15) is 0 Å². The van der Waals surface area contributed by atoms with Crippen LogP contribution in [-0.2, 0) is 52.2 Å². The van der Waals surface area contributed by atoms with Crippen molar-refractivity contribution in [3.05, 3.63) is 0 Å². The minimum atomic E-state index is -1.31. The van der Waals surface area contributed by atoms with Gasteiger partial charge in [-0.15, -0.1) is 0 Å². The van der Waals surface area contributed by atoms with Gasteiger partial charge in [0, 0.05) is 49.6 Å². The number of methoxy groups -OCH3 is 6. The highest BCUT2D eigenvalue weighted by Gasteiger charge is 2.54. The van der Waals surface area contributed by atoms with Crippen LogP contribution in [0.15, 0.2) is 0 Å². The SMILES string of the molecule is COC[C@@H](OC)[C@@H]1O[C@H](O[C@H]2[C@H](OC)[C@@H](OC)[C@@H](O)O[C@@H]2COC(C)=O)[C@@H](OC)[C@H]1OC. The van der Waals surface area contributed by atoms with Crippen molar-refractivity contribution in [3.8, 4) is 0 Å². The van der Waals surface area contributed by atoms with Gasteiger partial charge in [0.15, 0.2) is 12.6 Å². The number of carbonyl (C=O) groups excluding carboxylic acids is 1. The maximum atomic E-state index is 11.4. The van der Waals surface area contributed by atoms with E-state index >= 15 is 0 Å². The zero-order chi connectivity index (χ0) is 23.8. The van der Waals surface area contributed by atoms with E-state index in [1.807, 2.05) is 0 Å². The number of rotatable bonds is 12. The van der Waals surface area contributed by atoms with Gasteiger partial charge in [0.05, 0.1) is 6.61 Å². The standard InChI is InChI=1S/C20H36O12/c1-10(21)29-9-12-14(15(25-4)17(27-6)19(22)30-12)32-20-18(28-7)16(26-5)13(31-20)11(24-3)8-23-2/h11-20,22H,8-9H2,1-7H3/t11-,12-,13+,14-,15+,16+,17-,18+,19+,20-/m1/s1. The van der Waals surface area contributed by atoms with Crippen LogP contribution in [0.2, 0.25) is 0 Å². The first-order valence-corrected chi connectivity index (χ1v) is 10.3. The number of esters is 1. The van der Waals surface area contributed by atoms with Gasteiger partial charge in [-0.25, -0.2) is 0 Å². The summed E-state index contributed by atoms with van der Waals surface area (Å²) in [5.74, 6) is -0.501. The minimum Gasteiger partial charge on any atom is -0.463 e. The Bertz CT molecular complexity index is 563. The molecular formula is C20H36O12. The van der Waals surface area contributed by atoms with E-state index in [2.05, 4.69) is 0 Å². The number of hydrogen-bond acceptors (Lipinski definition) is 12. The monoisotopic (exact) mass is 468 g/mol. The highest BCUT2D eigenvalue weighted by Crippen LogP contribution is 2.34. The van der Waals surface area contributed by atoms with Crippen LogP contribution in [0.25, 0.3) is 0 Å².